The number of nitrogens with zero attached hydrogens (tertiary/aromatic N) is 3. The molecule has 2 amide bonds. The highest BCUT2D eigenvalue weighted by Gasteiger charge is 2.18. The van der Waals surface area contributed by atoms with Crippen molar-refractivity contribution < 1.29 is 9.59 Å². The average molecular weight is 412 g/mol. The Morgan fingerprint density at radius 1 is 1.03 bits per heavy atom. The van der Waals surface area contributed by atoms with E-state index >= 15 is 0 Å². The molecule has 2 aromatic rings. The lowest BCUT2D eigenvalue weighted by molar-refractivity contribution is -0.108. The van der Waals surface area contributed by atoms with E-state index in [2.05, 4.69) is 53.2 Å². The summed E-state index contributed by atoms with van der Waals surface area (Å²) in [6.07, 6.45) is 5.86. The Hall–Kier alpha value is -2.96. The normalized spacial score (nSPS) is 12.0. The number of rotatable bonds is 10. The average Bonchev–Trinajstić information content (AvgIpc) is 2.67. The zero-order valence-electron chi connectivity index (χ0n) is 18.6. The standard InChI is InChI=1S/C23H33N5O2/c1-16(2)13-28(14-17(3)4)22-7-6-19(18(5)8-9-29)10-21(22)27-23(30)26-20-11-24-15-25-12-20/h6-7,9-12,15-18H,8,13-14H2,1-5H3,(H2,26,27,30). The molecule has 0 aliphatic rings. The van der Waals surface area contributed by atoms with Gasteiger partial charge >= 0.3 is 6.03 Å². The predicted octanol–water partition coefficient (Wildman–Crippen LogP) is 4.93. The molecule has 0 aliphatic carbocycles. The van der Waals surface area contributed by atoms with Crippen LogP contribution in [0.25, 0.3) is 0 Å². The molecule has 30 heavy (non-hydrogen) atoms. The summed E-state index contributed by atoms with van der Waals surface area (Å²) in [7, 11) is 0. The number of amides is 2. The number of benzene rings is 1. The number of carbonyl (C=O) groups excluding carboxylic acids is 2. The van der Waals surface area contributed by atoms with E-state index in [1.807, 2.05) is 25.1 Å². The summed E-state index contributed by atoms with van der Waals surface area (Å²) in [6, 6.07) is 5.70. The summed E-state index contributed by atoms with van der Waals surface area (Å²) >= 11 is 0. The zero-order valence-corrected chi connectivity index (χ0v) is 18.6. The maximum Gasteiger partial charge on any atom is 0.323 e. The van der Waals surface area contributed by atoms with Crippen molar-refractivity contribution in [3.63, 3.8) is 0 Å². The molecule has 1 unspecified atom stereocenters. The number of nitrogens with one attached hydrogen (secondary N) is 2. The second-order valence-electron chi connectivity index (χ2n) is 8.48. The highest BCUT2D eigenvalue weighted by Crippen LogP contribution is 2.32. The number of hydrogen-bond acceptors (Lipinski definition) is 5. The van der Waals surface area contributed by atoms with Gasteiger partial charge < -0.3 is 20.3 Å². The molecule has 162 valence electrons. The van der Waals surface area contributed by atoms with Gasteiger partial charge in [0.2, 0.25) is 0 Å². The molecule has 1 aromatic carbocycles. The molecule has 0 saturated heterocycles. The first-order valence-electron chi connectivity index (χ1n) is 10.5. The van der Waals surface area contributed by atoms with Gasteiger partial charge in [0.15, 0.2) is 0 Å². The maximum absolute atomic E-state index is 12.7. The number of carbonyl (C=O) groups is 2. The topological polar surface area (TPSA) is 87.2 Å². The molecule has 2 rings (SSSR count). The summed E-state index contributed by atoms with van der Waals surface area (Å²) in [5, 5.41) is 5.75. The third-order valence-electron chi connectivity index (χ3n) is 4.62. The van der Waals surface area contributed by atoms with Crippen molar-refractivity contribution in [3.05, 3.63) is 42.5 Å². The van der Waals surface area contributed by atoms with Crippen molar-refractivity contribution >= 4 is 29.4 Å². The molecule has 2 N–H and O–H groups in total. The minimum atomic E-state index is -0.361. The second kappa shape index (κ2) is 11.3. The highest BCUT2D eigenvalue weighted by molar-refractivity contribution is 6.01. The third kappa shape index (κ3) is 7.13. The number of aldehydes is 1. The Morgan fingerprint density at radius 2 is 1.67 bits per heavy atom. The molecule has 1 aromatic heterocycles. The number of hydrogen-bond donors (Lipinski definition) is 2. The molecule has 0 aliphatic heterocycles. The molecule has 0 fully saturated rings. The van der Waals surface area contributed by atoms with E-state index in [1.54, 1.807) is 12.4 Å². The monoisotopic (exact) mass is 411 g/mol. The summed E-state index contributed by atoms with van der Waals surface area (Å²) in [4.78, 5) is 33.8. The number of aromatic nitrogens is 2. The van der Waals surface area contributed by atoms with Crippen LogP contribution in [0.4, 0.5) is 21.9 Å². The zero-order chi connectivity index (χ0) is 22.1. The molecule has 7 heteroatoms. The van der Waals surface area contributed by atoms with Gasteiger partial charge in [0.1, 0.15) is 12.6 Å². The lowest BCUT2D eigenvalue weighted by Crippen LogP contribution is -2.32. The lowest BCUT2D eigenvalue weighted by Gasteiger charge is -2.31. The van der Waals surface area contributed by atoms with Gasteiger partial charge in [0.25, 0.3) is 0 Å². The van der Waals surface area contributed by atoms with Crippen LogP contribution < -0.4 is 15.5 Å². The number of urea groups is 1. The van der Waals surface area contributed by atoms with Crippen molar-refractivity contribution in [2.24, 2.45) is 11.8 Å². The van der Waals surface area contributed by atoms with Crippen molar-refractivity contribution in [3.8, 4) is 0 Å². The maximum atomic E-state index is 12.7. The van der Waals surface area contributed by atoms with Crippen molar-refractivity contribution in [2.45, 2.75) is 47.0 Å². The molecule has 1 heterocycles. The summed E-state index contributed by atoms with van der Waals surface area (Å²) in [6.45, 7) is 12.5. The second-order valence-corrected chi connectivity index (χ2v) is 8.48. The van der Waals surface area contributed by atoms with E-state index in [9.17, 15) is 9.59 Å². The van der Waals surface area contributed by atoms with E-state index in [1.165, 1.54) is 6.33 Å². The first-order chi connectivity index (χ1) is 14.3. The molecule has 7 nitrogen and oxygen atoms in total. The van der Waals surface area contributed by atoms with Crippen LogP contribution in [0.5, 0.6) is 0 Å². The van der Waals surface area contributed by atoms with Crippen molar-refractivity contribution in [1.82, 2.24) is 9.97 Å². The Bertz CT molecular complexity index is 814. The van der Waals surface area contributed by atoms with E-state index < -0.39 is 0 Å². The third-order valence-corrected chi connectivity index (χ3v) is 4.62. The van der Waals surface area contributed by atoms with Gasteiger partial charge in [0.05, 0.1) is 29.5 Å². The molecular weight excluding hydrogens is 378 g/mol. The van der Waals surface area contributed by atoms with Crippen LogP contribution in [0, 0.1) is 11.8 Å². The van der Waals surface area contributed by atoms with Crippen molar-refractivity contribution in [2.75, 3.05) is 28.6 Å². The van der Waals surface area contributed by atoms with E-state index in [0.29, 0.717) is 23.9 Å². The Kier molecular flexibility index (Phi) is 8.77. The lowest BCUT2D eigenvalue weighted by atomic mass is 9.97. The van der Waals surface area contributed by atoms with E-state index in [-0.39, 0.29) is 11.9 Å². The van der Waals surface area contributed by atoms with Gasteiger partial charge in [-0.1, -0.05) is 40.7 Å². The molecule has 0 radical (unpaired) electrons. The van der Waals surface area contributed by atoms with E-state index in [0.717, 1.165) is 36.3 Å². The van der Waals surface area contributed by atoms with E-state index in [4.69, 9.17) is 0 Å². The quantitative estimate of drug-likeness (QED) is 0.541. The fourth-order valence-electron chi connectivity index (χ4n) is 3.32. The molecule has 0 saturated carbocycles. The minimum absolute atomic E-state index is 0.0753. The Balaban J connectivity index is 2.36. The van der Waals surface area contributed by atoms with Gasteiger partial charge in [-0.05, 0) is 35.4 Å². The van der Waals surface area contributed by atoms with Crippen LogP contribution in [0.3, 0.4) is 0 Å². The number of anilines is 3. The minimum Gasteiger partial charge on any atom is -0.369 e. The van der Waals surface area contributed by atoms with Gasteiger partial charge in [-0.3, -0.25) is 0 Å². The molecule has 0 spiro atoms. The van der Waals surface area contributed by atoms with Crippen LogP contribution in [-0.4, -0.2) is 35.4 Å². The fourth-order valence-corrected chi connectivity index (χ4v) is 3.32. The van der Waals surface area contributed by atoms with Crippen LogP contribution in [0.1, 0.15) is 52.5 Å². The SMILES string of the molecule is CC(C)CN(CC(C)C)c1ccc(C(C)CC=O)cc1NC(=O)Nc1cncnc1. The van der Waals surface area contributed by atoms with Gasteiger partial charge in [-0.25, -0.2) is 14.8 Å². The van der Waals surface area contributed by atoms with Gasteiger partial charge in [-0.15, -0.1) is 0 Å². The van der Waals surface area contributed by atoms with Crippen LogP contribution >= 0.6 is 0 Å². The summed E-state index contributed by atoms with van der Waals surface area (Å²) in [5.41, 5.74) is 3.22. The van der Waals surface area contributed by atoms with Crippen LogP contribution in [0.2, 0.25) is 0 Å². The molecule has 0 bridgehead atoms. The Labute approximate surface area is 179 Å². The van der Waals surface area contributed by atoms with Gasteiger partial charge in [0, 0.05) is 19.5 Å². The fraction of sp³-hybridized carbons (Fsp3) is 0.478. The highest BCUT2D eigenvalue weighted by atomic mass is 16.2. The first-order valence-corrected chi connectivity index (χ1v) is 10.5. The Morgan fingerprint density at radius 3 is 2.23 bits per heavy atom. The summed E-state index contributed by atoms with van der Waals surface area (Å²) in [5.74, 6) is 1.02. The van der Waals surface area contributed by atoms with Crippen LogP contribution in [-0.2, 0) is 4.79 Å². The smallest absolute Gasteiger partial charge is 0.323 e. The van der Waals surface area contributed by atoms with Crippen LogP contribution in [0.15, 0.2) is 36.9 Å². The predicted molar refractivity (Wildman–Crippen MR) is 122 cm³/mol. The first kappa shape index (κ1) is 23.3. The molecule has 1 atom stereocenters. The van der Waals surface area contributed by atoms with Crippen molar-refractivity contribution in [1.29, 1.82) is 0 Å². The molecular formula is C23H33N5O2. The van der Waals surface area contributed by atoms with Gasteiger partial charge in [-0.2, -0.15) is 0 Å². The largest absolute Gasteiger partial charge is 0.369 e. The summed E-state index contributed by atoms with van der Waals surface area (Å²) < 4.78 is 0.